The van der Waals surface area contributed by atoms with Gasteiger partial charge < -0.3 is 18.9 Å². The van der Waals surface area contributed by atoms with E-state index in [1.165, 1.54) is 5.56 Å². The van der Waals surface area contributed by atoms with Crippen molar-refractivity contribution in [2.45, 2.75) is 25.9 Å². The molecule has 3 aromatic rings. The molecule has 1 amide bonds. The Morgan fingerprint density at radius 1 is 1.03 bits per heavy atom. The Hall–Kier alpha value is -3.35. The van der Waals surface area contributed by atoms with Crippen LogP contribution in [0.3, 0.4) is 0 Å². The summed E-state index contributed by atoms with van der Waals surface area (Å²) in [6.07, 6.45) is 0.791. The molecule has 7 heteroatoms. The molecule has 1 aliphatic rings. The average molecular weight is 392 g/mol. The first-order valence-corrected chi connectivity index (χ1v) is 9.57. The Labute approximate surface area is 169 Å². The lowest BCUT2D eigenvalue weighted by Gasteiger charge is -2.34. The molecule has 0 unspecified atom stereocenters. The fourth-order valence-corrected chi connectivity index (χ4v) is 3.98. The van der Waals surface area contributed by atoms with Crippen LogP contribution in [0.15, 0.2) is 48.5 Å². The van der Waals surface area contributed by atoms with Crippen molar-refractivity contribution in [1.82, 2.24) is 19.7 Å². The van der Waals surface area contributed by atoms with Crippen molar-refractivity contribution in [3.8, 4) is 11.5 Å². The van der Waals surface area contributed by atoms with Gasteiger partial charge in [0, 0.05) is 6.54 Å². The molecule has 0 radical (unpaired) electrons. The zero-order chi connectivity index (χ0) is 20.4. The summed E-state index contributed by atoms with van der Waals surface area (Å²) < 4.78 is 13.0. The van der Waals surface area contributed by atoms with Crippen LogP contribution in [0.5, 0.6) is 11.5 Å². The fourth-order valence-electron chi connectivity index (χ4n) is 3.98. The smallest absolute Gasteiger partial charge is 0.261 e. The molecule has 0 fully saturated rings. The zero-order valence-corrected chi connectivity index (χ0v) is 16.8. The lowest BCUT2D eigenvalue weighted by molar-refractivity contribution is 0.0665. The van der Waals surface area contributed by atoms with Crippen molar-refractivity contribution in [3.05, 3.63) is 71.3 Å². The summed E-state index contributed by atoms with van der Waals surface area (Å²) in [6.45, 7) is 2.90. The van der Waals surface area contributed by atoms with E-state index in [1.807, 2.05) is 31.2 Å². The maximum atomic E-state index is 13.5. The van der Waals surface area contributed by atoms with Crippen LogP contribution in [0.2, 0.25) is 0 Å². The highest BCUT2D eigenvalue weighted by molar-refractivity contribution is 5.99. The Bertz CT molecular complexity index is 994. The first-order chi connectivity index (χ1) is 14.1. The predicted molar refractivity (Wildman–Crippen MR) is 108 cm³/mol. The number of amides is 1. The minimum Gasteiger partial charge on any atom is -0.496 e. The van der Waals surface area contributed by atoms with E-state index >= 15 is 0 Å². The molecular weight excluding hydrogens is 368 g/mol. The number of hydrogen-bond acceptors (Lipinski definition) is 5. The van der Waals surface area contributed by atoms with E-state index in [1.54, 1.807) is 31.3 Å². The van der Waals surface area contributed by atoms with E-state index in [9.17, 15) is 4.79 Å². The van der Waals surface area contributed by atoms with E-state index in [2.05, 4.69) is 26.9 Å². The summed E-state index contributed by atoms with van der Waals surface area (Å²) >= 11 is 0. The van der Waals surface area contributed by atoms with Gasteiger partial charge in [0.15, 0.2) is 5.82 Å². The van der Waals surface area contributed by atoms with Gasteiger partial charge in [-0.15, -0.1) is 10.2 Å². The second kappa shape index (κ2) is 7.95. The number of fused-ring (bicyclic) bond motifs is 1. The lowest BCUT2D eigenvalue weighted by Crippen LogP contribution is -2.42. The number of ether oxygens (including phenoxy) is 2. The predicted octanol–water partition coefficient (Wildman–Crippen LogP) is 3.04. The summed E-state index contributed by atoms with van der Waals surface area (Å²) in [7, 11) is 3.11. The monoisotopic (exact) mass is 392 g/mol. The molecule has 1 aromatic heterocycles. The van der Waals surface area contributed by atoms with E-state index in [0.29, 0.717) is 30.2 Å². The SMILES string of the molecule is COc1cccc(OC)c1C(=O)N1Cc2nnc(C)n2[C@H](Cc2ccccc2)C1. The van der Waals surface area contributed by atoms with Crippen LogP contribution in [0, 0.1) is 6.92 Å². The third kappa shape index (κ3) is 3.55. The van der Waals surface area contributed by atoms with E-state index < -0.39 is 0 Å². The van der Waals surface area contributed by atoms with Crippen LogP contribution in [0.4, 0.5) is 0 Å². The molecule has 0 bridgehead atoms. The van der Waals surface area contributed by atoms with Gasteiger partial charge in [0.25, 0.3) is 5.91 Å². The molecule has 0 saturated heterocycles. The zero-order valence-electron chi connectivity index (χ0n) is 16.8. The van der Waals surface area contributed by atoms with Gasteiger partial charge in [-0.05, 0) is 31.0 Å². The molecular formula is C22H24N4O3. The molecule has 4 rings (SSSR count). The van der Waals surface area contributed by atoms with Crippen LogP contribution in [0.1, 0.15) is 33.6 Å². The largest absolute Gasteiger partial charge is 0.496 e. The average Bonchev–Trinajstić information content (AvgIpc) is 3.14. The van der Waals surface area contributed by atoms with Crippen molar-refractivity contribution in [1.29, 1.82) is 0 Å². The van der Waals surface area contributed by atoms with Gasteiger partial charge in [0.2, 0.25) is 0 Å². The molecule has 0 N–H and O–H groups in total. The number of methoxy groups -OCH3 is 2. The van der Waals surface area contributed by atoms with Crippen LogP contribution >= 0.6 is 0 Å². The standard InChI is InChI=1S/C22H24N4O3/c1-15-23-24-20-14-25(13-17(26(15)20)12-16-8-5-4-6-9-16)22(27)21-18(28-2)10-7-11-19(21)29-3/h4-11,17H,12-14H2,1-3H3/t17-/m1/s1. The van der Waals surface area contributed by atoms with Crippen LogP contribution in [-0.4, -0.2) is 46.3 Å². The first kappa shape index (κ1) is 19.0. The van der Waals surface area contributed by atoms with E-state index in [-0.39, 0.29) is 11.9 Å². The summed E-state index contributed by atoms with van der Waals surface area (Å²) in [5.74, 6) is 2.51. The Morgan fingerprint density at radius 2 is 1.72 bits per heavy atom. The highest BCUT2D eigenvalue weighted by atomic mass is 16.5. The fraction of sp³-hybridized carbons (Fsp3) is 0.318. The summed E-state index contributed by atoms with van der Waals surface area (Å²) in [4.78, 5) is 15.3. The van der Waals surface area contributed by atoms with Gasteiger partial charge in [-0.3, -0.25) is 4.79 Å². The molecule has 0 saturated carbocycles. The number of benzene rings is 2. The summed E-state index contributed by atoms with van der Waals surface area (Å²) in [6, 6.07) is 15.7. The van der Waals surface area contributed by atoms with Crippen molar-refractivity contribution < 1.29 is 14.3 Å². The highest BCUT2D eigenvalue weighted by Crippen LogP contribution is 2.32. The van der Waals surface area contributed by atoms with Gasteiger partial charge >= 0.3 is 0 Å². The van der Waals surface area contributed by atoms with Crippen LogP contribution in [-0.2, 0) is 13.0 Å². The van der Waals surface area contributed by atoms with E-state index in [0.717, 1.165) is 18.1 Å². The third-order valence-electron chi connectivity index (χ3n) is 5.31. The second-order valence-electron chi connectivity index (χ2n) is 7.10. The maximum absolute atomic E-state index is 13.5. The quantitative estimate of drug-likeness (QED) is 0.668. The lowest BCUT2D eigenvalue weighted by atomic mass is 10.0. The van der Waals surface area contributed by atoms with Crippen molar-refractivity contribution >= 4 is 5.91 Å². The van der Waals surface area contributed by atoms with Gasteiger partial charge in [0.05, 0.1) is 26.8 Å². The molecule has 29 heavy (non-hydrogen) atoms. The Kier molecular flexibility index (Phi) is 5.20. The number of hydrogen-bond donors (Lipinski definition) is 0. The molecule has 0 spiro atoms. The van der Waals surface area contributed by atoms with Gasteiger partial charge in [-0.2, -0.15) is 0 Å². The van der Waals surface area contributed by atoms with Crippen molar-refractivity contribution in [2.24, 2.45) is 0 Å². The first-order valence-electron chi connectivity index (χ1n) is 9.57. The topological polar surface area (TPSA) is 69.5 Å². The summed E-state index contributed by atoms with van der Waals surface area (Å²) in [5, 5.41) is 8.57. The van der Waals surface area contributed by atoms with Crippen LogP contribution < -0.4 is 9.47 Å². The third-order valence-corrected chi connectivity index (χ3v) is 5.31. The molecule has 1 aliphatic heterocycles. The molecule has 1 atom stereocenters. The minimum atomic E-state index is -0.135. The number of nitrogens with zero attached hydrogens (tertiary/aromatic N) is 4. The Balaban J connectivity index is 1.69. The molecule has 150 valence electrons. The van der Waals surface area contributed by atoms with Gasteiger partial charge in [-0.25, -0.2) is 0 Å². The van der Waals surface area contributed by atoms with Gasteiger partial charge in [0.1, 0.15) is 22.9 Å². The molecule has 0 aliphatic carbocycles. The van der Waals surface area contributed by atoms with Crippen molar-refractivity contribution in [3.63, 3.8) is 0 Å². The number of rotatable bonds is 5. The highest BCUT2D eigenvalue weighted by Gasteiger charge is 2.33. The summed E-state index contributed by atoms with van der Waals surface area (Å²) in [5.41, 5.74) is 1.64. The molecule has 2 aromatic carbocycles. The second-order valence-corrected chi connectivity index (χ2v) is 7.10. The molecule has 7 nitrogen and oxygen atoms in total. The number of carbonyl (C=O) groups excluding carboxylic acids is 1. The number of aryl methyl sites for hydroxylation is 1. The van der Waals surface area contributed by atoms with Gasteiger partial charge in [-0.1, -0.05) is 36.4 Å². The Morgan fingerprint density at radius 3 is 2.38 bits per heavy atom. The van der Waals surface area contributed by atoms with Crippen molar-refractivity contribution in [2.75, 3.05) is 20.8 Å². The maximum Gasteiger partial charge on any atom is 0.261 e. The number of aromatic nitrogens is 3. The van der Waals surface area contributed by atoms with Crippen LogP contribution in [0.25, 0.3) is 0 Å². The number of carbonyl (C=O) groups is 1. The van der Waals surface area contributed by atoms with E-state index in [4.69, 9.17) is 9.47 Å². The normalized spacial score (nSPS) is 15.7. The molecule has 2 heterocycles. The minimum absolute atomic E-state index is 0.0563.